The molecule has 0 saturated carbocycles. The van der Waals surface area contributed by atoms with E-state index in [1.807, 2.05) is 34.6 Å². The number of carbonyl (C=O) groups is 1. The van der Waals surface area contributed by atoms with E-state index in [2.05, 4.69) is 48.4 Å². The zero-order valence-corrected chi connectivity index (χ0v) is 16.7. The first-order chi connectivity index (χ1) is 13.0. The van der Waals surface area contributed by atoms with Gasteiger partial charge in [-0.25, -0.2) is 0 Å². The molecule has 0 unspecified atom stereocenters. The number of nitrogens with zero attached hydrogens (tertiary/aromatic N) is 4. The number of carbonyl (C=O) groups excluding carboxylic acids is 1. The first kappa shape index (κ1) is 19.1. The first-order valence-electron chi connectivity index (χ1n) is 9.79. The smallest absolute Gasteiger partial charge is 0.226 e. The van der Waals surface area contributed by atoms with E-state index in [1.54, 1.807) is 0 Å². The Morgan fingerprint density at radius 1 is 1.22 bits per heavy atom. The molecule has 2 aromatic heterocycles. The second kappa shape index (κ2) is 8.37. The van der Waals surface area contributed by atoms with Crippen LogP contribution in [0.1, 0.15) is 57.3 Å². The van der Waals surface area contributed by atoms with Gasteiger partial charge in [0.2, 0.25) is 5.91 Å². The summed E-state index contributed by atoms with van der Waals surface area (Å²) in [5.74, 6) is -0.00568. The number of nitrogens with one attached hydrogen (secondary N) is 1. The molecule has 0 fully saturated rings. The third kappa shape index (κ3) is 4.38. The van der Waals surface area contributed by atoms with Gasteiger partial charge in [0.15, 0.2) is 0 Å². The fourth-order valence-corrected chi connectivity index (χ4v) is 3.31. The second-order valence-corrected chi connectivity index (χ2v) is 7.32. The molecule has 1 aromatic carbocycles. The van der Waals surface area contributed by atoms with Crippen molar-refractivity contribution in [2.75, 3.05) is 5.32 Å². The predicted octanol–water partition coefficient (Wildman–Crippen LogP) is 4.49. The molecule has 0 bridgehead atoms. The highest BCUT2D eigenvalue weighted by molar-refractivity contribution is 5.90. The minimum atomic E-state index is -0.00568. The Hall–Kier alpha value is -2.63. The summed E-state index contributed by atoms with van der Waals surface area (Å²) in [5, 5.41) is 12.0. The molecule has 0 radical (unpaired) electrons. The van der Waals surface area contributed by atoms with E-state index < -0.39 is 0 Å². The van der Waals surface area contributed by atoms with Crippen molar-refractivity contribution >= 4 is 22.6 Å². The highest BCUT2D eigenvalue weighted by atomic mass is 16.1. The average Bonchev–Trinajstić information content (AvgIpc) is 3.21. The summed E-state index contributed by atoms with van der Waals surface area (Å²) >= 11 is 0. The minimum Gasteiger partial charge on any atom is -0.326 e. The van der Waals surface area contributed by atoms with Crippen LogP contribution < -0.4 is 5.32 Å². The van der Waals surface area contributed by atoms with Crippen molar-refractivity contribution in [2.45, 2.75) is 66.0 Å². The molecule has 1 N–H and O–H groups in total. The van der Waals surface area contributed by atoms with Crippen molar-refractivity contribution in [3.05, 3.63) is 41.7 Å². The molecule has 3 aromatic rings. The Morgan fingerprint density at radius 3 is 2.63 bits per heavy atom. The Bertz CT molecular complexity index is 905. The summed E-state index contributed by atoms with van der Waals surface area (Å²) in [5.41, 5.74) is 5.13. The number of hydrogen-bond acceptors (Lipinski definition) is 3. The first-order valence-corrected chi connectivity index (χ1v) is 9.79. The van der Waals surface area contributed by atoms with Gasteiger partial charge in [0.1, 0.15) is 11.0 Å². The van der Waals surface area contributed by atoms with Crippen LogP contribution >= 0.6 is 0 Å². The average molecular weight is 367 g/mol. The van der Waals surface area contributed by atoms with Crippen LogP contribution in [0.25, 0.3) is 11.0 Å². The van der Waals surface area contributed by atoms with E-state index >= 15 is 0 Å². The van der Waals surface area contributed by atoms with Crippen LogP contribution in [-0.4, -0.2) is 25.5 Å². The molecule has 0 spiro atoms. The lowest BCUT2D eigenvalue weighted by molar-refractivity contribution is -0.116. The lowest BCUT2D eigenvalue weighted by atomic mass is 10.1. The number of anilines is 1. The molecule has 6 heteroatoms. The molecule has 144 valence electrons. The Balaban J connectivity index is 1.60. The lowest BCUT2D eigenvalue weighted by Crippen LogP contribution is -2.15. The molecule has 3 rings (SSSR count). The normalized spacial score (nSPS) is 11.4. The number of rotatable bonds is 8. The maximum absolute atomic E-state index is 12.3. The van der Waals surface area contributed by atoms with Gasteiger partial charge in [-0.2, -0.15) is 10.2 Å². The largest absolute Gasteiger partial charge is 0.326 e. The van der Waals surface area contributed by atoms with Crippen molar-refractivity contribution in [3.63, 3.8) is 0 Å². The number of amides is 1. The maximum Gasteiger partial charge on any atom is 0.226 e. The topological polar surface area (TPSA) is 64.7 Å². The lowest BCUT2D eigenvalue weighted by Gasteiger charge is -2.07. The van der Waals surface area contributed by atoms with Crippen molar-refractivity contribution in [1.29, 1.82) is 0 Å². The van der Waals surface area contributed by atoms with Crippen LogP contribution in [0.3, 0.4) is 0 Å². The van der Waals surface area contributed by atoms with Crippen LogP contribution in [0.4, 0.5) is 5.69 Å². The summed E-state index contributed by atoms with van der Waals surface area (Å²) in [4.78, 5) is 12.3. The van der Waals surface area contributed by atoms with Gasteiger partial charge in [0.05, 0.1) is 18.4 Å². The zero-order chi connectivity index (χ0) is 19.4. The van der Waals surface area contributed by atoms with Gasteiger partial charge in [0, 0.05) is 18.2 Å². The number of benzene rings is 1. The summed E-state index contributed by atoms with van der Waals surface area (Å²) in [6.45, 7) is 8.92. The third-order valence-electron chi connectivity index (χ3n) is 4.76. The fourth-order valence-electron chi connectivity index (χ4n) is 3.31. The van der Waals surface area contributed by atoms with Crippen LogP contribution in [0.2, 0.25) is 0 Å². The summed E-state index contributed by atoms with van der Waals surface area (Å²) in [7, 11) is 0. The van der Waals surface area contributed by atoms with Gasteiger partial charge in [-0.05, 0) is 51.3 Å². The Morgan fingerprint density at radius 2 is 1.96 bits per heavy atom. The maximum atomic E-state index is 12.3. The molecule has 2 heterocycles. The predicted molar refractivity (Wildman–Crippen MR) is 109 cm³/mol. The second-order valence-electron chi connectivity index (χ2n) is 7.32. The third-order valence-corrected chi connectivity index (χ3v) is 4.76. The van der Waals surface area contributed by atoms with Crippen LogP contribution in [0.15, 0.2) is 30.5 Å². The van der Waals surface area contributed by atoms with Crippen molar-refractivity contribution in [2.24, 2.45) is 0 Å². The van der Waals surface area contributed by atoms with Crippen molar-refractivity contribution in [1.82, 2.24) is 19.6 Å². The highest BCUT2D eigenvalue weighted by Gasteiger charge is 2.15. The Kier molecular flexibility index (Phi) is 5.94. The summed E-state index contributed by atoms with van der Waals surface area (Å²) < 4.78 is 3.86. The van der Waals surface area contributed by atoms with E-state index in [9.17, 15) is 4.79 Å². The summed E-state index contributed by atoms with van der Waals surface area (Å²) in [6, 6.07) is 8.41. The van der Waals surface area contributed by atoms with Crippen molar-refractivity contribution < 1.29 is 4.79 Å². The van der Waals surface area contributed by atoms with Gasteiger partial charge >= 0.3 is 0 Å². The van der Waals surface area contributed by atoms with Gasteiger partial charge in [-0.1, -0.05) is 25.5 Å². The minimum absolute atomic E-state index is 0.00568. The molecule has 0 aliphatic carbocycles. The van der Waals surface area contributed by atoms with E-state index in [0.29, 0.717) is 13.0 Å². The Labute approximate surface area is 160 Å². The molecule has 0 atom stereocenters. The van der Waals surface area contributed by atoms with Gasteiger partial charge in [0.25, 0.3) is 0 Å². The van der Waals surface area contributed by atoms with E-state index in [-0.39, 0.29) is 11.9 Å². The molecule has 6 nitrogen and oxygen atoms in total. The SMILES string of the molecule is CCCCc1ccc(NC(=O)CCn2ncc3c2c(C)nn3C(C)C)cc1. The molecule has 27 heavy (non-hydrogen) atoms. The molecule has 0 aliphatic rings. The number of unbranched alkanes of at least 4 members (excludes halogenated alkanes) is 1. The van der Waals surface area contributed by atoms with Gasteiger partial charge in [-0.15, -0.1) is 0 Å². The van der Waals surface area contributed by atoms with Crippen molar-refractivity contribution in [3.8, 4) is 0 Å². The monoisotopic (exact) mass is 367 g/mol. The number of hydrogen-bond donors (Lipinski definition) is 1. The van der Waals surface area contributed by atoms with Gasteiger partial charge in [-0.3, -0.25) is 14.2 Å². The number of aromatic nitrogens is 4. The zero-order valence-electron chi connectivity index (χ0n) is 16.7. The van der Waals surface area contributed by atoms with E-state index in [4.69, 9.17) is 0 Å². The van der Waals surface area contributed by atoms with E-state index in [0.717, 1.165) is 28.8 Å². The van der Waals surface area contributed by atoms with Crippen LogP contribution in [0, 0.1) is 6.92 Å². The van der Waals surface area contributed by atoms with Crippen LogP contribution in [-0.2, 0) is 17.8 Å². The number of aryl methyl sites for hydroxylation is 3. The standard InChI is InChI=1S/C21H29N5O/c1-5-6-7-17-8-10-18(11-9-17)23-20(27)12-13-25-21-16(4)24-26(15(2)3)19(21)14-22-25/h8-11,14-15H,5-7,12-13H2,1-4H3,(H,23,27). The summed E-state index contributed by atoms with van der Waals surface area (Å²) in [6.07, 6.45) is 5.68. The molecule has 0 aliphatic heterocycles. The fraction of sp³-hybridized carbons (Fsp3) is 0.476. The van der Waals surface area contributed by atoms with Crippen LogP contribution in [0.5, 0.6) is 0 Å². The number of fused-ring (bicyclic) bond motifs is 1. The molecule has 0 saturated heterocycles. The quantitative estimate of drug-likeness (QED) is 0.638. The highest BCUT2D eigenvalue weighted by Crippen LogP contribution is 2.21. The molecular formula is C21H29N5O. The molecular weight excluding hydrogens is 338 g/mol. The molecule has 1 amide bonds. The van der Waals surface area contributed by atoms with E-state index in [1.165, 1.54) is 18.4 Å². The van der Waals surface area contributed by atoms with Gasteiger partial charge < -0.3 is 5.32 Å².